The number of anilines is 1. The van der Waals surface area contributed by atoms with Gasteiger partial charge in [-0.1, -0.05) is 55.0 Å². The number of nitrogens with one attached hydrogen (secondary N) is 1. The van der Waals surface area contributed by atoms with E-state index in [2.05, 4.69) is 49.5 Å². The Morgan fingerprint density at radius 3 is 2.65 bits per heavy atom. The van der Waals surface area contributed by atoms with Gasteiger partial charge in [0.15, 0.2) is 0 Å². The molecule has 0 spiro atoms. The zero-order valence-corrected chi connectivity index (χ0v) is 13.9. The summed E-state index contributed by atoms with van der Waals surface area (Å²) in [7, 11) is 0. The molecule has 0 aliphatic carbocycles. The van der Waals surface area contributed by atoms with Crippen LogP contribution in [0.3, 0.4) is 0 Å². The Kier molecular flexibility index (Phi) is 4.65. The van der Waals surface area contributed by atoms with Crippen LogP contribution in [0.4, 0.5) is 10.5 Å². The van der Waals surface area contributed by atoms with Crippen LogP contribution in [-0.2, 0) is 6.42 Å². The van der Waals surface area contributed by atoms with Gasteiger partial charge in [0.2, 0.25) is 0 Å². The molecule has 0 unspecified atom stereocenters. The van der Waals surface area contributed by atoms with E-state index >= 15 is 0 Å². The first-order valence-electron chi connectivity index (χ1n) is 8.41. The molecular weight excluding hydrogens is 284 g/mol. The number of hydrogen-bond donors (Lipinski definition) is 1. The smallest absolute Gasteiger partial charge is 0.317 e. The van der Waals surface area contributed by atoms with Crippen LogP contribution in [0.1, 0.15) is 42.5 Å². The van der Waals surface area contributed by atoms with Crippen LogP contribution in [0.15, 0.2) is 48.5 Å². The van der Waals surface area contributed by atoms with Crippen molar-refractivity contribution in [1.29, 1.82) is 0 Å². The molecule has 1 aliphatic rings. The number of amides is 2. The van der Waals surface area contributed by atoms with Gasteiger partial charge in [0.1, 0.15) is 0 Å². The van der Waals surface area contributed by atoms with E-state index in [0.29, 0.717) is 0 Å². The maximum absolute atomic E-state index is 12.7. The maximum atomic E-state index is 12.7. The van der Waals surface area contributed by atoms with E-state index in [0.717, 1.165) is 31.5 Å². The Hall–Kier alpha value is -2.29. The van der Waals surface area contributed by atoms with E-state index in [4.69, 9.17) is 0 Å². The molecule has 3 heteroatoms. The third-order valence-corrected chi connectivity index (χ3v) is 4.62. The van der Waals surface area contributed by atoms with Gasteiger partial charge in [-0.3, -0.25) is 0 Å². The molecule has 120 valence electrons. The SMILES string of the molecule is CCc1ccccc1NC(=O)N1CCC[C@@H]1c1ccc(C)cc1. The van der Waals surface area contributed by atoms with Crippen LogP contribution in [-0.4, -0.2) is 17.5 Å². The lowest BCUT2D eigenvalue weighted by atomic mass is 10.0. The van der Waals surface area contributed by atoms with E-state index in [1.54, 1.807) is 0 Å². The second-order valence-electron chi connectivity index (χ2n) is 6.20. The molecule has 1 fully saturated rings. The zero-order chi connectivity index (χ0) is 16.2. The Morgan fingerprint density at radius 2 is 1.91 bits per heavy atom. The van der Waals surface area contributed by atoms with Gasteiger partial charge >= 0.3 is 6.03 Å². The molecule has 0 saturated carbocycles. The number of carbonyl (C=O) groups excluding carboxylic acids is 1. The number of rotatable bonds is 3. The van der Waals surface area contributed by atoms with Crippen molar-refractivity contribution in [1.82, 2.24) is 4.90 Å². The van der Waals surface area contributed by atoms with Crippen LogP contribution in [0.2, 0.25) is 0 Å². The third-order valence-electron chi connectivity index (χ3n) is 4.62. The standard InChI is InChI=1S/C20H24N2O/c1-3-16-7-4-5-8-18(16)21-20(23)22-14-6-9-19(22)17-12-10-15(2)11-13-17/h4-5,7-8,10-13,19H,3,6,9,14H2,1-2H3,(H,21,23)/t19-/m1/s1. The summed E-state index contributed by atoms with van der Waals surface area (Å²) >= 11 is 0. The molecule has 2 aromatic carbocycles. The molecule has 2 amide bonds. The minimum absolute atomic E-state index is 0.00831. The van der Waals surface area contributed by atoms with Crippen LogP contribution in [0.5, 0.6) is 0 Å². The van der Waals surface area contributed by atoms with Crippen LogP contribution < -0.4 is 5.32 Å². The lowest BCUT2D eigenvalue weighted by Crippen LogP contribution is -2.34. The van der Waals surface area contributed by atoms with Crippen molar-refractivity contribution in [3.05, 3.63) is 65.2 Å². The highest BCUT2D eigenvalue weighted by molar-refractivity contribution is 5.90. The van der Waals surface area contributed by atoms with Crippen molar-refractivity contribution in [2.24, 2.45) is 0 Å². The van der Waals surface area contributed by atoms with Crippen molar-refractivity contribution in [3.63, 3.8) is 0 Å². The zero-order valence-electron chi connectivity index (χ0n) is 13.9. The van der Waals surface area contributed by atoms with Gasteiger partial charge in [-0.15, -0.1) is 0 Å². The molecule has 1 atom stereocenters. The molecule has 23 heavy (non-hydrogen) atoms. The summed E-state index contributed by atoms with van der Waals surface area (Å²) in [5, 5.41) is 3.10. The van der Waals surface area contributed by atoms with E-state index in [-0.39, 0.29) is 12.1 Å². The van der Waals surface area contributed by atoms with Crippen molar-refractivity contribution < 1.29 is 4.79 Å². The Balaban J connectivity index is 1.77. The molecule has 1 aliphatic heterocycles. The van der Waals surface area contributed by atoms with Crippen molar-refractivity contribution in [3.8, 4) is 0 Å². The summed E-state index contributed by atoms with van der Waals surface area (Å²) in [6, 6.07) is 16.8. The van der Waals surface area contributed by atoms with E-state index in [9.17, 15) is 4.79 Å². The Labute approximate surface area is 138 Å². The first-order valence-corrected chi connectivity index (χ1v) is 8.41. The molecule has 1 saturated heterocycles. The van der Waals surface area contributed by atoms with E-state index in [1.165, 1.54) is 16.7 Å². The highest BCUT2D eigenvalue weighted by Gasteiger charge is 2.30. The Bertz CT molecular complexity index is 678. The molecule has 3 nitrogen and oxygen atoms in total. The normalized spacial score (nSPS) is 17.3. The molecule has 3 rings (SSSR count). The minimum Gasteiger partial charge on any atom is -0.317 e. The number of aryl methyl sites for hydroxylation is 2. The van der Waals surface area contributed by atoms with Gasteiger partial charge in [0.05, 0.1) is 6.04 Å². The number of urea groups is 1. The second kappa shape index (κ2) is 6.86. The van der Waals surface area contributed by atoms with Crippen molar-refractivity contribution >= 4 is 11.7 Å². The predicted octanol–water partition coefficient (Wildman–Crippen LogP) is 4.93. The van der Waals surface area contributed by atoms with Crippen molar-refractivity contribution in [2.75, 3.05) is 11.9 Å². The van der Waals surface area contributed by atoms with Gasteiger partial charge in [0.25, 0.3) is 0 Å². The van der Waals surface area contributed by atoms with Crippen LogP contribution in [0.25, 0.3) is 0 Å². The predicted molar refractivity (Wildman–Crippen MR) is 94.7 cm³/mol. The summed E-state index contributed by atoms with van der Waals surface area (Å²) in [6.07, 6.45) is 3.01. The number of carbonyl (C=O) groups is 1. The molecule has 2 aromatic rings. The van der Waals surface area contributed by atoms with Gasteiger partial charge in [0, 0.05) is 12.2 Å². The highest BCUT2D eigenvalue weighted by atomic mass is 16.2. The number of benzene rings is 2. The van der Waals surface area contributed by atoms with Gasteiger partial charge in [-0.25, -0.2) is 4.79 Å². The second-order valence-corrected chi connectivity index (χ2v) is 6.20. The molecule has 0 aromatic heterocycles. The number of para-hydroxylation sites is 1. The quantitative estimate of drug-likeness (QED) is 0.857. The maximum Gasteiger partial charge on any atom is 0.322 e. The summed E-state index contributed by atoms with van der Waals surface area (Å²) in [5.41, 5.74) is 4.58. The number of likely N-dealkylation sites (tertiary alicyclic amines) is 1. The lowest BCUT2D eigenvalue weighted by Gasteiger charge is -2.26. The monoisotopic (exact) mass is 308 g/mol. The largest absolute Gasteiger partial charge is 0.322 e. The van der Waals surface area contributed by atoms with E-state index < -0.39 is 0 Å². The number of hydrogen-bond acceptors (Lipinski definition) is 1. The average molecular weight is 308 g/mol. The molecule has 0 radical (unpaired) electrons. The highest BCUT2D eigenvalue weighted by Crippen LogP contribution is 2.32. The Morgan fingerprint density at radius 1 is 1.17 bits per heavy atom. The topological polar surface area (TPSA) is 32.3 Å². The number of nitrogens with zero attached hydrogens (tertiary/aromatic N) is 1. The summed E-state index contributed by atoms with van der Waals surface area (Å²) in [5.74, 6) is 0. The van der Waals surface area contributed by atoms with Gasteiger partial charge < -0.3 is 10.2 Å². The summed E-state index contributed by atoms with van der Waals surface area (Å²) in [6.45, 7) is 5.01. The fourth-order valence-electron chi connectivity index (χ4n) is 3.28. The molecule has 1 N–H and O–H groups in total. The van der Waals surface area contributed by atoms with Crippen LogP contribution >= 0.6 is 0 Å². The molecule has 0 bridgehead atoms. The summed E-state index contributed by atoms with van der Waals surface area (Å²) in [4.78, 5) is 14.7. The van der Waals surface area contributed by atoms with Crippen LogP contribution in [0, 0.1) is 6.92 Å². The average Bonchev–Trinajstić information content (AvgIpc) is 3.06. The third kappa shape index (κ3) is 3.39. The fraction of sp³-hybridized carbons (Fsp3) is 0.350. The van der Waals surface area contributed by atoms with Gasteiger partial charge in [-0.05, 0) is 43.4 Å². The van der Waals surface area contributed by atoms with E-state index in [1.807, 2.05) is 23.1 Å². The van der Waals surface area contributed by atoms with Gasteiger partial charge in [-0.2, -0.15) is 0 Å². The molecular formula is C20H24N2O. The molecule has 1 heterocycles. The first-order chi connectivity index (χ1) is 11.2. The fourth-order valence-corrected chi connectivity index (χ4v) is 3.28. The lowest BCUT2D eigenvalue weighted by molar-refractivity contribution is 0.207. The van der Waals surface area contributed by atoms with Crippen molar-refractivity contribution in [2.45, 2.75) is 39.2 Å². The minimum atomic E-state index is 0.00831. The first kappa shape index (κ1) is 15.6. The summed E-state index contributed by atoms with van der Waals surface area (Å²) < 4.78 is 0.